The van der Waals surface area contributed by atoms with E-state index in [4.69, 9.17) is 18.9 Å². The molecule has 12 heteroatoms. The van der Waals surface area contributed by atoms with E-state index < -0.39 is 59.6 Å². The number of methoxy groups -OCH3 is 2. The molecule has 58 heavy (non-hydrogen) atoms. The molecule has 2 heterocycles. The van der Waals surface area contributed by atoms with E-state index in [9.17, 15) is 34.5 Å². The van der Waals surface area contributed by atoms with Crippen LogP contribution in [-0.4, -0.2) is 113 Å². The highest BCUT2D eigenvalue weighted by atomic mass is 16.7. The van der Waals surface area contributed by atoms with E-state index in [0.29, 0.717) is 58.0 Å². The zero-order valence-electron chi connectivity index (χ0n) is 37.2. The van der Waals surface area contributed by atoms with E-state index in [0.717, 1.165) is 36.8 Å². The molecule has 3 rings (SSSR count). The molecule has 1 amide bonds. The summed E-state index contributed by atoms with van der Waals surface area (Å²) in [5.41, 5.74) is 1.78. The Morgan fingerprint density at radius 3 is 2.28 bits per heavy atom. The first-order valence-electron chi connectivity index (χ1n) is 21.8. The molecule has 332 valence electrons. The molecular formula is C46H77NO11. The van der Waals surface area contributed by atoms with Crippen LogP contribution in [0.5, 0.6) is 0 Å². The summed E-state index contributed by atoms with van der Waals surface area (Å²) < 4.78 is 22.8. The highest BCUT2D eigenvalue weighted by Crippen LogP contribution is 2.38. The Morgan fingerprint density at radius 1 is 1.00 bits per heavy atom. The number of aliphatic hydroxyl groups excluding tert-OH is 2. The third-order valence-corrected chi connectivity index (χ3v) is 12.6. The number of hydrogen-bond donors (Lipinski definition) is 3. The Hall–Kier alpha value is -2.74. The van der Waals surface area contributed by atoms with Crippen LogP contribution in [0.4, 0.5) is 0 Å². The number of amides is 1. The smallest absolute Gasteiger partial charge is 0.296 e. The fourth-order valence-corrected chi connectivity index (χ4v) is 8.99. The first-order chi connectivity index (χ1) is 27.5. The Kier molecular flexibility index (Phi) is 22.3. The predicted molar refractivity (Wildman–Crippen MR) is 224 cm³/mol. The van der Waals surface area contributed by atoms with Gasteiger partial charge in [0.1, 0.15) is 11.9 Å². The lowest BCUT2D eigenvalue weighted by Crippen LogP contribution is -2.62. The third kappa shape index (κ3) is 14.2. The van der Waals surface area contributed by atoms with Crippen molar-refractivity contribution < 1.29 is 53.4 Å². The fraction of sp³-hybridized carbons (Fsp3) is 0.783. The summed E-state index contributed by atoms with van der Waals surface area (Å²) in [5, 5.41) is 33.0. The molecule has 3 aliphatic rings. The lowest BCUT2D eigenvalue weighted by Gasteiger charge is -2.45. The van der Waals surface area contributed by atoms with Gasteiger partial charge in [0.15, 0.2) is 0 Å². The van der Waals surface area contributed by atoms with E-state index in [1.807, 2.05) is 46.8 Å². The highest BCUT2D eigenvalue weighted by Gasteiger charge is 2.54. The summed E-state index contributed by atoms with van der Waals surface area (Å²) in [5.74, 6) is -5.38. The molecule has 13 atom stereocenters. The second-order valence-electron chi connectivity index (χ2n) is 17.0. The number of piperidine rings is 1. The second-order valence-corrected chi connectivity index (χ2v) is 17.0. The van der Waals surface area contributed by atoms with Gasteiger partial charge >= 0.3 is 0 Å². The molecule has 6 unspecified atom stereocenters. The first kappa shape index (κ1) is 51.4. The number of ether oxygens (including phenoxy) is 4. The topological polar surface area (TPSA) is 169 Å². The normalized spacial score (nSPS) is 30.8. The number of nitrogens with zero attached hydrogens (tertiary/aromatic N) is 1. The van der Waals surface area contributed by atoms with Gasteiger partial charge in [0.2, 0.25) is 5.79 Å². The number of rotatable bonds is 21. The number of likely N-dealkylation sites (tertiary alicyclic amines) is 1. The average molecular weight is 820 g/mol. The van der Waals surface area contributed by atoms with Crippen molar-refractivity contribution in [1.82, 2.24) is 4.90 Å². The van der Waals surface area contributed by atoms with Crippen LogP contribution in [0.1, 0.15) is 132 Å². The van der Waals surface area contributed by atoms with Gasteiger partial charge in [-0.15, -0.1) is 6.58 Å². The van der Waals surface area contributed by atoms with Crippen LogP contribution in [0.3, 0.4) is 0 Å². The molecule has 0 aromatic heterocycles. The van der Waals surface area contributed by atoms with Gasteiger partial charge in [-0.2, -0.15) is 0 Å². The lowest BCUT2D eigenvalue weighted by molar-refractivity contribution is -0.287. The van der Waals surface area contributed by atoms with Gasteiger partial charge in [0.25, 0.3) is 18.2 Å². The maximum Gasteiger partial charge on any atom is 0.296 e. The SMILES string of the molecule is C=CC[C@H](/C=C(\C)C[C@H](C)CC[C@H]1OC(O)(C(=O)C(=O)N2CCCCC2C)C(C)CC1OC)C(=O)C[C@H](O)[C@@H](C)[C@H](OC=O)/C(C)=C/C1CC[C@@H](O)C(OC)C1.CC. The molecular weight excluding hydrogens is 743 g/mol. The van der Waals surface area contributed by atoms with Crippen LogP contribution in [0.2, 0.25) is 0 Å². The largest absolute Gasteiger partial charge is 0.460 e. The number of carbonyl (C=O) groups is 4. The summed E-state index contributed by atoms with van der Waals surface area (Å²) in [7, 11) is 3.16. The van der Waals surface area contributed by atoms with Crippen molar-refractivity contribution in [3.05, 3.63) is 36.0 Å². The summed E-state index contributed by atoms with van der Waals surface area (Å²) in [4.78, 5) is 53.5. The van der Waals surface area contributed by atoms with Crippen molar-refractivity contribution in [2.75, 3.05) is 20.8 Å². The average Bonchev–Trinajstić information content (AvgIpc) is 3.20. The number of carbonyl (C=O) groups excluding carboxylic acids is 4. The van der Waals surface area contributed by atoms with Crippen LogP contribution >= 0.6 is 0 Å². The molecule has 0 aromatic rings. The summed E-state index contributed by atoms with van der Waals surface area (Å²) in [6.07, 6.45) is 9.29. The Bertz CT molecular complexity index is 1380. The minimum atomic E-state index is -2.23. The highest BCUT2D eigenvalue weighted by molar-refractivity contribution is 6.38. The van der Waals surface area contributed by atoms with Crippen molar-refractivity contribution in [3.8, 4) is 0 Å². The molecule has 1 saturated carbocycles. The van der Waals surface area contributed by atoms with Gasteiger partial charge < -0.3 is 39.2 Å². The minimum Gasteiger partial charge on any atom is -0.460 e. The molecule has 0 radical (unpaired) electrons. The zero-order chi connectivity index (χ0) is 43.7. The minimum absolute atomic E-state index is 0.0709. The molecule has 3 fully saturated rings. The number of aliphatic hydroxyl groups is 3. The van der Waals surface area contributed by atoms with Crippen molar-refractivity contribution in [3.63, 3.8) is 0 Å². The van der Waals surface area contributed by atoms with Crippen molar-refractivity contribution in [2.24, 2.45) is 29.6 Å². The lowest BCUT2D eigenvalue weighted by atomic mass is 9.81. The second kappa shape index (κ2) is 25.1. The monoisotopic (exact) mass is 820 g/mol. The standard InChI is InChI=1S/C44H71NO11.C2H6/c1-10-13-34(37(49)25-36(48)32(7)41(55-26-46)29(4)22-33-16-17-35(47)39(24-33)53-8)21-28(3)20-27(2)15-18-38-40(54-9)23-30(5)44(52,56-38)42(50)43(51)45-19-12-11-14-31(45)6;1-2/h10,21-22,26-27,30-36,38-41,47-48,52H,1,11-20,23-25H2,2-9H3;1-2H3/b28-21+,29-22+;/t27-,30?,31?,32-,33?,34-,35-,36+,38-,39?,40?,41-,44?;/m1./s1. The number of Topliss-reactive ketones (excluding diaryl/α,β-unsaturated/α-hetero) is 2. The third-order valence-electron chi connectivity index (χ3n) is 12.6. The number of allylic oxidation sites excluding steroid dienone is 4. The molecule has 3 N–H and O–H groups in total. The van der Waals surface area contributed by atoms with Crippen molar-refractivity contribution >= 4 is 23.9 Å². The Morgan fingerprint density at radius 2 is 1.67 bits per heavy atom. The van der Waals surface area contributed by atoms with E-state index in [2.05, 4.69) is 13.5 Å². The maximum absolute atomic E-state index is 13.6. The molecule has 2 saturated heterocycles. The van der Waals surface area contributed by atoms with Gasteiger partial charge in [0, 0.05) is 51.0 Å². The Labute approximate surface area is 348 Å². The van der Waals surface area contributed by atoms with Gasteiger partial charge in [-0.3, -0.25) is 19.2 Å². The van der Waals surface area contributed by atoms with E-state index in [1.165, 1.54) is 0 Å². The zero-order valence-corrected chi connectivity index (χ0v) is 37.2. The van der Waals surface area contributed by atoms with Gasteiger partial charge in [-0.1, -0.05) is 58.4 Å². The maximum atomic E-state index is 13.6. The summed E-state index contributed by atoms with van der Waals surface area (Å²) in [6.45, 7) is 20.0. The van der Waals surface area contributed by atoms with Crippen LogP contribution in [0.25, 0.3) is 0 Å². The van der Waals surface area contributed by atoms with Crippen molar-refractivity contribution in [1.29, 1.82) is 0 Å². The number of ketones is 2. The van der Waals surface area contributed by atoms with Gasteiger partial charge in [-0.05, 0) is 109 Å². The number of hydrogen-bond acceptors (Lipinski definition) is 11. The molecule has 0 aromatic carbocycles. The van der Waals surface area contributed by atoms with Crippen LogP contribution in [0, 0.1) is 29.6 Å². The van der Waals surface area contributed by atoms with Crippen LogP contribution < -0.4 is 0 Å². The van der Waals surface area contributed by atoms with Gasteiger partial charge in [-0.25, -0.2) is 0 Å². The van der Waals surface area contributed by atoms with Crippen molar-refractivity contribution in [2.45, 2.75) is 181 Å². The molecule has 2 aliphatic heterocycles. The molecule has 0 spiro atoms. The molecule has 12 nitrogen and oxygen atoms in total. The summed E-state index contributed by atoms with van der Waals surface area (Å²) >= 11 is 0. The van der Waals surface area contributed by atoms with E-state index in [-0.39, 0.29) is 42.3 Å². The van der Waals surface area contributed by atoms with Crippen LogP contribution in [-0.2, 0) is 38.1 Å². The quantitative estimate of drug-likeness (QED) is 0.0642. The predicted octanol–water partition coefficient (Wildman–Crippen LogP) is 6.68. The van der Waals surface area contributed by atoms with Crippen LogP contribution in [0.15, 0.2) is 36.0 Å². The fourth-order valence-electron chi connectivity index (χ4n) is 8.99. The Balaban J connectivity index is 0.00000571. The van der Waals surface area contributed by atoms with E-state index in [1.54, 1.807) is 39.0 Å². The van der Waals surface area contributed by atoms with E-state index >= 15 is 0 Å². The first-order valence-corrected chi connectivity index (χ1v) is 21.8. The molecule has 0 bridgehead atoms. The molecule has 1 aliphatic carbocycles. The summed E-state index contributed by atoms with van der Waals surface area (Å²) in [6, 6.07) is -0.0709. The van der Waals surface area contributed by atoms with Gasteiger partial charge in [0.05, 0.1) is 30.5 Å².